The molecule has 0 radical (unpaired) electrons. The Balaban J connectivity index is 1.94. The molecule has 2 heterocycles. The number of rotatable bonds is 8. The number of ether oxygens (including phenoxy) is 1. The molecule has 1 amide bonds. The number of aliphatic imine (C=N–C) groups is 1. The molecular formula is C29H35N3O3S. The van der Waals surface area contributed by atoms with Crippen molar-refractivity contribution >= 4 is 40.1 Å². The number of hydrogen-bond acceptors (Lipinski definition) is 6. The van der Waals surface area contributed by atoms with Crippen molar-refractivity contribution < 1.29 is 14.3 Å². The number of fused-ring (bicyclic) bond motifs is 1. The molecule has 1 spiro atoms. The molecule has 7 heteroatoms. The lowest BCUT2D eigenvalue weighted by Gasteiger charge is -2.46. The first-order valence-corrected chi connectivity index (χ1v) is 13.6. The summed E-state index contributed by atoms with van der Waals surface area (Å²) in [6, 6.07) is 17.6. The van der Waals surface area contributed by atoms with Crippen molar-refractivity contribution in [2.24, 2.45) is 10.9 Å². The minimum Gasteiger partial charge on any atom is -0.466 e. The van der Waals surface area contributed by atoms with Crippen LogP contribution >= 0.6 is 11.8 Å². The minimum absolute atomic E-state index is 0.106. The summed E-state index contributed by atoms with van der Waals surface area (Å²) in [6.45, 7) is 8.16. The zero-order valence-electron chi connectivity index (χ0n) is 21.6. The van der Waals surface area contributed by atoms with Crippen LogP contribution in [0.5, 0.6) is 0 Å². The van der Waals surface area contributed by atoms with Crippen molar-refractivity contribution in [3.8, 4) is 0 Å². The van der Waals surface area contributed by atoms with Gasteiger partial charge in [0.05, 0.1) is 18.5 Å². The second-order valence-electron chi connectivity index (χ2n) is 9.21. The van der Waals surface area contributed by atoms with E-state index in [2.05, 4.69) is 54.8 Å². The van der Waals surface area contributed by atoms with Crippen LogP contribution in [0.4, 0.5) is 11.4 Å². The Morgan fingerprint density at radius 1 is 0.972 bits per heavy atom. The van der Waals surface area contributed by atoms with Crippen LogP contribution < -0.4 is 9.80 Å². The van der Waals surface area contributed by atoms with Crippen LogP contribution in [0.25, 0.3) is 0 Å². The Bertz CT molecular complexity index is 1130. The molecule has 0 aromatic heterocycles. The molecule has 0 N–H and O–H groups in total. The van der Waals surface area contributed by atoms with Crippen molar-refractivity contribution in [2.45, 2.75) is 52.1 Å². The molecule has 0 bridgehead atoms. The van der Waals surface area contributed by atoms with Gasteiger partial charge in [0.1, 0.15) is 5.04 Å². The highest BCUT2D eigenvalue weighted by molar-refractivity contribution is 8.18. The van der Waals surface area contributed by atoms with Crippen LogP contribution in [0.1, 0.15) is 56.8 Å². The van der Waals surface area contributed by atoms with Crippen LogP contribution in [0.2, 0.25) is 0 Å². The number of benzene rings is 2. The van der Waals surface area contributed by atoms with Crippen LogP contribution in [-0.2, 0) is 9.53 Å². The van der Waals surface area contributed by atoms with Gasteiger partial charge in [-0.25, -0.2) is 9.79 Å². The van der Waals surface area contributed by atoms with Crippen molar-refractivity contribution in [1.82, 2.24) is 0 Å². The molecule has 0 saturated carbocycles. The number of thioether (sulfide) groups is 1. The van der Waals surface area contributed by atoms with Crippen molar-refractivity contribution in [3.05, 3.63) is 71.1 Å². The molecule has 1 atom stereocenters. The molecule has 190 valence electrons. The average molecular weight is 506 g/mol. The van der Waals surface area contributed by atoms with Gasteiger partial charge in [0, 0.05) is 35.6 Å². The summed E-state index contributed by atoms with van der Waals surface area (Å²) in [5, 5.41) is 0.711. The van der Waals surface area contributed by atoms with Crippen molar-refractivity contribution in [2.75, 3.05) is 30.0 Å². The van der Waals surface area contributed by atoms with E-state index in [9.17, 15) is 9.59 Å². The Morgan fingerprint density at radius 2 is 1.53 bits per heavy atom. The van der Waals surface area contributed by atoms with E-state index in [0.717, 1.165) is 55.1 Å². The van der Waals surface area contributed by atoms with Gasteiger partial charge in [-0.1, -0.05) is 75.7 Å². The Morgan fingerprint density at radius 3 is 2.06 bits per heavy atom. The Kier molecular flexibility index (Phi) is 8.19. The van der Waals surface area contributed by atoms with Gasteiger partial charge in [-0.15, -0.1) is 0 Å². The van der Waals surface area contributed by atoms with Crippen molar-refractivity contribution in [3.63, 3.8) is 0 Å². The van der Waals surface area contributed by atoms with E-state index in [1.54, 1.807) is 18.2 Å². The van der Waals surface area contributed by atoms with E-state index in [4.69, 9.17) is 9.73 Å². The maximum Gasteiger partial charge on any atom is 0.331 e. The lowest BCUT2D eigenvalue weighted by molar-refractivity contribution is -0.134. The normalized spacial score (nSPS) is 20.4. The quantitative estimate of drug-likeness (QED) is 0.310. The van der Waals surface area contributed by atoms with E-state index in [1.165, 1.54) is 18.9 Å². The fourth-order valence-corrected chi connectivity index (χ4v) is 6.57. The van der Waals surface area contributed by atoms with Gasteiger partial charge in [-0.05, 0) is 37.1 Å². The van der Waals surface area contributed by atoms with Crippen LogP contribution in [0.3, 0.4) is 0 Å². The van der Waals surface area contributed by atoms with Crippen molar-refractivity contribution in [1.29, 1.82) is 0 Å². The average Bonchev–Trinajstić information content (AvgIpc) is 3.33. The van der Waals surface area contributed by atoms with Crippen LogP contribution in [0, 0.1) is 5.92 Å². The summed E-state index contributed by atoms with van der Waals surface area (Å²) in [5.74, 6) is -0.776. The van der Waals surface area contributed by atoms with Gasteiger partial charge in [0.25, 0.3) is 5.91 Å². The summed E-state index contributed by atoms with van der Waals surface area (Å²) in [6.07, 6.45) is 5.67. The molecule has 1 fully saturated rings. The summed E-state index contributed by atoms with van der Waals surface area (Å²) in [7, 11) is 1.39. The number of hydrogen-bond donors (Lipinski definition) is 0. The largest absolute Gasteiger partial charge is 0.466 e. The van der Waals surface area contributed by atoms with E-state index >= 15 is 0 Å². The van der Waals surface area contributed by atoms with E-state index < -0.39 is 11.6 Å². The highest BCUT2D eigenvalue weighted by Gasteiger charge is 2.61. The number of anilines is 2. The molecule has 2 aliphatic rings. The number of para-hydroxylation sites is 2. The molecule has 1 unspecified atom stereocenters. The predicted molar refractivity (Wildman–Crippen MR) is 149 cm³/mol. The Labute approximate surface area is 218 Å². The summed E-state index contributed by atoms with van der Waals surface area (Å²) in [4.78, 5) is 36.2. The number of esters is 1. The van der Waals surface area contributed by atoms with Crippen LogP contribution in [-0.4, -0.2) is 42.8 Å². The minimum atomic E-state index is -0.691. The maximum absolute atomic E-state index is 13.4. The van der Waals surface area contributed by atoms with Gasteiger partial charge in [-0.3, -0.25) is 4.79 Å². The molecule has 0 aliphatic carbocycles. The number of carbonyl (C=O) groups is 2. The summed E-state index contributed by atoms with van der Waals surface area (Å²) < 4.78 is 4.98. The summed E-state index contributed by atoms with van der Waals surface area (Å²) >= 11 is 1.43. The van der Waals surface area contributed by atoms with Gasteiger partial charge in [-0.2, -0.15) is 0 Å². The zero-order valence-corrected chi connectivity index (χ0v) is 22.4. The third kappa shape index (κ3) is 4.57. The topological polar surface area (TPSA) is 62.2 Å². The van der Waals surface area contributed by atoms with Gasteiger partial charge in [0.15, 0.2) is 5.66 Å². The summed E-state index contributed by atoms with van der Waals surface area (Å²) in [5.41, 5.74) is 2.15. The first-order valence-electron chi connectivity index (χ1n) is 12.8. The van der Waals surface area contributed by atoms with Gasteiger partial charge >= 0.3 is 5.97 Å². The standard InChI is InChI=1S/C29H35N3O3S/c1-5-7-18-31-23-16-12-13-17-24(23)32(19-8-6-2)29(31)21(3)25(20-26(33)35-4)36-28(29)30-27(34)22-14-10-9-11-15-22/h9-17,20-21H,5-8,18-19H2,1-4H3/b25-20-,30-28?. The molecule has 1 saturated heterocycles. The molecule has 4 rings (SSSR count). The van der Waals surface area contributed by atoms with E-state index in [0.29, 0.717) is 10.6 Å². The van der Waals surface area contributed by atoms with E-state index in [-0.39, 0.29) is 11.8 Å². The predicted octanol–water partition coefficient (Wildman–Crippen LogP) is 6.29. The highest BCUT2D eigenvalue weighted by atomic mass is 32.2. The Hall–Kier alpha value is -3.06. The third-order valence-corrected chi connectivity index (χ3v) is 8.29. The lowest BCUT2D eigenvalue weighted by atomic mass is 9.91. The monoisotopic (exact) mass is 505 g/mol. The number of unbranched alkanes of at least 4 members (excludes halogenated alkanes) is 2. The second-order valence-corrected chi connectivity index (χ2v) is 10.3. The van der Waals surface area contributed by atoms with Gasteiger partial charge in [0.2, 0.25) is 0 Å². The molecule has 6 nitrogen and oxygen atoms in total. The lowest BCUT2D eigenvalue weighted by Crippen LogP contribution is -2.64. The number of amides is 1. The van der Waals surface area contributed by atoms with Gasteiger partial charge < -0.3 is 14.5 Å². The highest BCUT2D eigenvalue weighted by Crippen LogP contribution is 2.58. The smallest absolute Gasteiger partial charge is 0.331 e. The molecule has 36 heavy (non-hydrogen) atoms. The molecule has 2 aromatic carbocycles. The third-order valence-electron chi connectivity index (χ3n) is 7.00. The molecular weight excluding hydrogens is 470 g/mol. The number of carbonyl (C=O) groups excluding carboxylic acids is 2. The van der Waals surface area contributed by atoms with Crippen LogP contribution in [0.15, 0.2) is 70.6 Å². The van der Waals surface area contributed by atoms with E-state index in [1.807, 2.05) is 18.2 Å². The SMILES string of the molecule is CCCCN1c2ccccc2N(CCCC)C12C(=NC(=O)c1ccccc1)S/C(=C\C(=O)OC)C2C. The zero-order chi connectivity index (χ0) is 25.7. The fourth-order valence-electron chi connectivity index (χ4n) is 5.18. The first kappa shape index (κ1) is 26.0. The first-order chi connectivity index (χ1) is 17.5. The molecule has 2 aliphatic heterocycles. The number of methoxy groups -OCH3 is 1. The number of nitrogens with zero attached hydrogens (tertiary/aromatic N) is 3. The maximum atomic E-state index is 13.4. The molecule has 2 aromatic rings. The fraction of sp³-hybridized carbons (Fsp3) is 0.414. The second kappa shape index (κ2) is 11.3.